The third kappa shape index (κ3) is 4.66. The van der Waals surface area contributed by atoms with Gasteiger partial charge in [0.25, 0.3) is 5.91 Å². The van der Waals surface area contributed by atoms with Crippen molar-refractivity contribution in [2.45, 2.75) is 25.9 Å². The van der Waals surface area contributed by atoms with Crippen molar-refractivity contribution >= 4 is 5.91 Å². The Morgan fingerprint density at radius 3 is 2.54 bits per heavy atom. The van der Waals surface area contributed by atoms with Crippen molar-refractivity contribution in [2.24, 2.45) is 5.92 Å². The molecule has 2 heterocycles. The topological polar surface area (TPSA) is 41.4 Å². The van der Waals surface area contributed by atoms with E-state index in [1.807, 2.05) is 6.07 Å². The maximum Gasteiger partial charge on any atom is 0.333 e. The van der Waals surface area contributed by atoms with E-state index in [4.69, 9.17) is 0 Å². The van der Waals surface area contributed by atoms with Crippen LogP contribution >= 0.6 is 0 Å². The second-order valence-electron chi connectivity index (χ2n) is 6.85. The van der Waals surface area contributed by atoms with Crippen molar-refractivity contribution in [3.8, 4) is 0 Å². The number of hydrogen-bond donors (Lipinski definition) is 0. The highest BCUT2D eigenvalue weighted by molar-refractivity contribution is 5.92. The predicted octanol–water partition coefficient (Wildman–Crippen LogP) is 3.26. The van der Waals surface area contributed by atoms with Crippen LogP contribution in [-0.4, -0.2) is 52.2 Å². The van der Waals surface area contributed by atoms with Crippen LogP contribution in [0.2, 0.25) is 0 Å². The molecule has 1 saturated heterocycles. The van der Waals surface area contributed by atoms with Gasteiger partial charge < -0.3 is 4.90 Å². The standard InChI is InChI=1S/C19H24F2N4O/c1-23(18(26)17-9-12-25(22-17)19(20)21)13-16-7-10-24(11-8-16)14-15-5-3-2-4-6-15/h2-6,9,12,16,19H,7-8,10-11,13-14H2,1H3. The van der Waals surface area contributed by atoms with E-state index in [1.54, 1.807) is 11.9 Å². The van der Waals surface area contributed by atoms with E-state index < -0.39 is 6.55 Å². The number of halogens is 2. The van der Waals surface area contributed by atoms with Gasteiger partial charge in [-0.2, -0.15) is 13.9 Å². The highest BCUT2D eigenvalue weighted by Gasteiger charge is 2.24. The first-order chi connectivity index (χ1) is 12.5. The smallest absolute Gasteiger partial charge is 0.333 e. The van der Waals surface area contributed by atoms with Gasteiger partial charge in [0.1, 0.15) is 0 Å². The molecule has 0 aliphatic carbocycles. The summed E-state index contributed by atoms with van der Waals surface area (Å²) in [7, 11) is 1.71. The number of hydrogen-bond acceptors (Lipinski definition) is 3. The molecule has 2 aromatic rings. The van der Waals surface area contributed by atoms with Crippen LogP contribution in [0.15, 0.2) is 42.6 Å². The summed E-state index contributed by atoms with van der Waals surface area (Å²) >= 11 is 0. The van der Waals surface area contributed by atoms with Crippen molar-refractivity contribution in [1.82, 2.24) is 19.6 Å². The average molecular weight is 362 g/mol. The van der Waals surface area contributed by atoms with E-state index in [2.05, 4.69) is 34.3 Å². The summed E-state index contributed by atoms with van der Waals surface area (Å²) in [5.74, 6) is 0.115. The van der Waals surface area contributed by atoms with Gasteiger partial charge in [-0.3, -0.25) is 9.69 Å². The van der Waals surface area contributed by atoms with Crippen LogP contribution in [0.5, 0.6) is 0 Å². The molecule has 1 amide bonds. The van der Waals surface area contributed by atoms with E-state index in [9.17, 15) is 13.6 Å². The van der Waals surface area contributed by atoms with Crippen molar-refractivity contribution in [3.63, 3.8) is 0 Å². The fraction of sp³-hybridized carbons (Fsp3) is 0.474. The monoisotopic (exact) mass is 362 g/mol. The Morgan fingerprint density at radius 2 is 1.92 bits per heavy atom. The fourth-order valence-corrected chi connectivity index (χ4v) is 3.40. The molecule has 140 valence electrons. The number of nitrogens with zero attached hydrogens (tertiary/aromatic N) is 4. The molecular formula is C19H24F2N4O. The molecule has 26 heavy (non-hydrogen) atoms. The van der Waals surface area contributed by atoms with Gasteiger partial charge in [-0.25, -0.2) is 4.68 Å². The molecule has 1 fully saturated rings. The SMILES string of the molecule is CN(CC1CCN(Cc2ccccc2)CC1)C(=O)c1ccn(C(F)F)n1. The Labute approximate surface area is 152 Å². The van der Waals surface area contributed by atoms with E-state index in [1.165, 1.54) is 11.6 Å². The summed E-state index contributed by atoms with van der Waals surface area (Å²) < 4.78 is 25.7. The third-order valence-corrected chi connectivity index (χ3v) is 4.86. The second kappa shape index (κ2) is 8.40. The summed E-state index contributed by atoms with van der Waals surface area (Å²) in [5, 5.41) is 3.65. The predicted molar refractivity (Wildman–Crippen MR) is 94.9 cm³/mol. The van der Waals surface area contributed by atoms with Gasteiger partial charge >= 0.3 is 6.55 Å². The van der Waals surface area contributed by atoms with Crippen LogP contribution in [0.25, 0.3) is 0 Å². The van der Waals surface area contributed by atoms with E-state index in [-0.39, 0.29) is 11.6 Å². The zero-order valence-electron chi connectivity index (χ0n) is 14.9. The van der Waals surface area contributed by atoms with Crippen LogP contribution in [0.4, 0.5) is 8.78 Å². The minimum Gasteiger partial charge on any atom is -0.340 e. The molecule has 0 atom stereocenters. The molecule has 0 bridgehead atoms. The lowest BCUT2D eigenvalue weighted by Crippen LogP contribution is -2.39. The molecule has 1 aliphatic rings. The zero-order valence-corrected chi connectivity index (χ0v) is 14.9. The Balaban J connectivity index is 1.46. The number of carbonyl (C=O) groups is 1. The highest BCUT2D eigenvalue weighted by atomic mass is 19.3. The number of benzene rings is 1. The van der Waals surface area contributed by atoms with Crippen molar-refractivity contribution in [1.29, 1.82) is 0 Å². The van der Waals surface area contributed by atoms with Crippen molar-refractivity contribution in [3.05, 3.63) is 53.9 Å². The summed E-state index contributed by atoms with van der Waals surface area (Å²) in [6.45, 7) is 0.853. The molecule has 7 heteroatoms. The molecule has 0 spiro atoms. The molecule has 0 radical (unpaired) electrons. The summed E-state index contributed by atoms with van der Waals surface area (Å²) in [6, 6.07) is 11.7. The number of piperidine rings is 1. The maximum absolute atomic E-state index is 12.6. The Bertz CT molecular complexity index is 711. The molecule has 0 N–H and O–H groups in total. The molecule has 3 rings (SSSR count). The first-order valence-corrected chi connectivity index (χ1v) is 8.88. The van der Waals surface area contributed by atoms with Gasteiger partial charge in [0.2, 0.25) is 0 Å². The number of aromatic nitrogens is 2. The minimum atomic E-state index is -2.73. The highest BCUT2D eigenvalue weighted by Crippen LogP contribution is 2.20. The largest absolute Gasteiger partial charge is 0.340 e. The lowest BCUT2D eigenvalue weighted by atomic mass is 9.96. The molecule has 5 nitrogen and oxygen atoms in total. The summed E-state index contributed by atoms with van der Waals surface area (Å²) in [4.78, 5) is 16.4. The number of carbonyl (C=O) groups excluding carboxylic acids is 1. The van der Waals surface area contributed by atoms with Crippen LogP contribution in [0.1, 0.15) is 35.4 Å². The molecule has 1 aromatic heterocycles. The van der Waals surface area contributed by atoms with Crippen LogP contribution in [0.3, 0.4) is 0 Å². The van der Waals surface area contributed by atoms with Crippen molar-refractivity contribution < 1.29 is 13.6 Å². The summed E-state index contributed by atoms with van der Waals surface area (Å²) in [5.41, 5.74) is 1.38. The number of alkyl halides is 2. The van der Waals surface area contributed by atoms with Gasteiger partial charge in [0.05, 0.1) is 0 Å². The van der Waals surface area contributed by atoms with Gasteiger partial charge in [0.15, 0.2) is 5.69 Å². The third-order valence-electron chi connectivity index (χ3n) is 4.86. The zero-order chi connectivity index (χ0) is 18.5. The van der Waals surface area contributed by atoms with Crippen LogP contribution in [0, 0.1) is 5.92 Å². The molecule has 0 unspecified atom stereocenters. The van der Waals surface area contributed by atoms with Gasteiger partial charge in [-0.1, -0.05) is 30.3 Å². The average Bonchev–Trinajstić information content (AvgIpc) is 3.14. The summed E-state index contributed by atoms with van der Waals surface area (Å²) in [6.07, 6.45) is 3.18. The number of rotatable bonds is 6. The van der Waals surface area contributed by atoms with Gasteiger partial charge in [0, 0.05) is 26.3 Å². The Kier molecular flexibility index (Phi) is 5.98. The van der Waals surface area contributed by atoms with E-state index in [0.717, 1.165) is 38.7 Å². The Morgan fingerprint density at radius 1 is 1.23 bits per heavy atom. The van der Waals surface area contributed by atoms with Gasteiger partial charge in [-0.15, -0.1) is 0 Å². The molecule has 1 aromatic carbocycles. The molecule has 0 saturated carbocycles. The lowest BCUT2D eigenvalue weighted by molar-refractivity contribution is 0.0550. The maximum atomic E-state index is 12.6. The first-order valence-electron chi connectivity index (χ1n) is 8.88. The van der Waals surface area contributed by atoms with E-state index >= 15 is 0 Å². The van der Waals surface area contributed by atoms with Crippen molar-refractivity contribution in [2.75, 3.05) is 26.7 Å². The second-order valence-corrected chi connectivity index (χ2v) is 6.85. The van der Waals surface area contributed by atoms with Crippen LogP contribution in [-0.2, 0) is 6.54 Å². The van der Waals surface area contributed by atoms with E-state index in [0.29, 0.717) is 17.1 Å². The molecular weight excluding hydrogens is 338 g/mol. The first kappa shape index (κ1) is 18.5. The minimum absolute atomic E-state index is 0.0642. The Hall–Kier alpha value is -2.28. The normalized spacial score (nSPS) is 16.2. The fourth-order valence-electron chi connectivity index (χ4n) is 3.40. The van der Waals surface area contributed by atoms with Gasteiger partial charge in [-0.05, 0) is 43.5 Å². The molecule has 1 aliphatic heterocycles. The van der Waals surface area contributed by atoms with Crippen LogP contribution < -0.4 is 0 Å². The number of amides is 1. The quantitative estimate of drug-likeness (QED) is 0.792. The lowest BCUT2D eigenvalue weighted by Gasteiger charge is -2.33. The number of likely N-dealkylation sites (tertiary alicyclic amines) is 1.